The number of aromatic nitrogens is 1. The molecule has 1 aromatic carbocycles. The monoisotopic (exact) mass is 284 g/mol. The first kappa shape index (κ1) is 13.4. The molecule has 1 amide bonds. The fourth-order valence-electron chi connectivity index (χ4n) is 1.57. The molecule has 5 nitrogen and oxygen atoms in total. The molecule has 1 heterocycles. The van der Waals surface area contributed by atoms with Gasteiger partial charge in [0.05, 0.1) is 17.7 Å². The van der Waals surface area contributed by atoms with Gasteiger partial charge in [-0.15, -0.1) is 0 Å². The van der Waals surface area contributed by atoms with E-state index < -0.39 is 11.9 Å². The van der Waals surface area contributed by atoms with Crippen molar-refractivity contribution in [2.45, 2.75) is 6.92 Å². The van der Waals surface area contributed by atoms with Crippen molar-refractivity contribution in [3.63, 3.8) is 0 Å². The molecule has 0 aliphatic rings. The summed E-state index contributed by atoms with van der Waals surface area (Å²) in [5.41, 5.74) is 0.400. The molecule has 0 atom stereocenters. The molecule has 2 aromatic rings. The molecule has 0 fully saturated rings. The molecule has 2 rings (SSSR count). The van der Waals surface area contributed by atoms with E-state index in [0.29, 0.717) is 5.76 Å². The van der Waals surface area contributed by atoms with Gasteiger partial charge in [0.15, 0.2) is 5.76 Å². The number of ether oxygens (including phenoxy) is 1. The number of carbonyl (C=O) groups is 1. The highest BCUT2D eigenvalue weighted by Crippen LogP contribution is 2.36. The van der Waals surface area contributed by atoms with Crippen LogP contribution < -0.4 is 5.32 Å². The largest absolute Gasteiger partial charge is 0.453 e. The molecular weight excluding hydrogens is 275 g/mol. The Morgan fingerprint density at radius 3 is 2.89 bits per heavy atom. The van der Waals surface area contributed by atoms with Gasteiger partial charge in [0.25, 0.3) is 0 Å². The van der Waals surface area contributed by atoms with E-state index in [0.717, 1.165) is 0 Å². The predicted molar refractivity (Wildman–Crippen MR) is 67.7 cm³/mol. The Balaban J connectivity index is 2.54. The van der Waals surface area contributed by atoms with Crippen molar-refractivity contribution in [2.24, 2.45) is 0 Å². The van der Waals surface area contributed by atoms with Gasteiger partial charge in [0.2, 0.25) is 0 Å². The number of carbonyl (C=O) groups excluding carboxylic acids is 1. The van der Waals surface area contributed by atoms with E-state index in [4.69, 9.17) is 16.1 Å². The zero-order chi connectivity index (χ0) is 14.0. The molecule has 100 valence electrons. The zero-order valence-electron chi connectivity index (χ0n) is 10.2. The van der Waals surface area contributed by atoms with Gasteiger partial charge in [-0.3, -0.25) is 5.32 Å². The first-order valence-corrected chi connectivity index (χ1v) is 5.68. The maximum atomic E-state index is 13.8. The Labute approximate surface area is 113 Å². The van der Waals surface area contributed by atoms with Gasteiger partial charge in [0, 0.05) is 0 Å². The lowest BCUT2D eigenvalue weighted by Gasteiger charge is -2.06. The molecule has 19 heavy (non-hydrogen) atoms. The third kappa shape index (κ3) is 2.53. The quantitative estimate of drug-likeness (QED) is 0.915. The Morgan fingerprint density at radius 1 is 1.53 bits per heavy atom. The van der Waals surface area contributed by atoms with Crippen molar-refractivity contribution < 1.29 is 18.4 Å². The molecular formula is C12H10ClFN2O3. The molecule has 0 aliphatic carbocycles. The van der Waals surface area contributed by atoms with Crippen LogP contribution in [0.5, 0.6) is 0 Å². The lowest BCUT2D eigenvalue weighted by Crippen LogP contribution is -2.12. The highest BCUT2D eigenvalue weighted by molar-refractivity contribution is 6.33. The molecule has 0 unspecified atom stereocenters. The van der Waals surface area contributed by atoms with Crippen molar-refractivity contribution >= 4 is 23.4 Å². The first-order valence-electron chi connectivity index (χ1n) is 5.30. The molecule has 0 saturated heterocycles. The van der Waals surface area contributed by atoms with Crippen molar-refractivity contribution in [1.82, 2.24) is 5.16 Å². The molecule has 0 aliphatic heterocycles. The van der Waals surface area contributed by atoms with Crippen LogP contribution in [0.1, 0.15) is 5.76 Å². The van der Waals surface area contributed by atoms with E-state index in [1.807, 2.05) is 0 Å². The van der Waals surface area contributed by atoms with E-state index >= 15 is 0 Å². The molecule has 1 N–H and O–H groups in total. The van der Waals surface area contributed by atoms with E-state index in [1.165, 1.54) is 25.3 Å². The lowest BCUT2D eigenvalue weighted by molar-refractivity contribution is 0.187. The maximum Gasteiger partial charge on any atom is 0.411 e. The smallest absolute Gasteiger partial charge is 0.411 e. The number of rotatable bonds is 2. The second-order valence-electron chi connectivity index (χ2n) is 3.68. The minimum Gasteiger partial charge on any atom is -0.453 e. The minimum atomic E-state index is -0.708. The average molecular weight is 285 g/mol. The fourth-order valence-corrected chi connectivity index (χ4v) is 1.82. The summed E-state index contributed by atoms with van der Waals surface area (Å²) in [6, 6.07) is 4.24. The van der Waals surface area contributed by atoms with Crippen LogP contribution in [0, 0.1) is 12.7 Å². The Hall–Kier alpha value is -2.08. The van der Waals surface area contributed by atoms with Crippen LogP contribution in [0.15, 0.2) is 22.7 Å². The van der Waals surface area contributed by atoms with Crippen LogP contribution >= 0.6 is 11.6 Å². The number of hydrogen-bond acceptors (Lipinski definition) is 4. The van der Waals surface area contributed by atoms with Gasteiger partial charge in [-0.1, -0.05) is 22.8 Å². The summed E-state index contributed by atoms with van der Waals surface area (Å²) in [6.45, 7) is 1.58. The van der Waals surface area contributed by atoms with Crippen molar-refractivity contribution in [1.29, 1.82) is 0 Å². The number of benzene rings is 1. The van der Waals surface area contributed by atoms with Gasteiger partial charge in [-0.25, -0.2) is 9.18 Å². The van der Waals surface area contributed by atoms with Crippen LogP contribution in [-0.4, -0.2) is 18.4 Å². The topological polar surface area (TPSA) is 64.4 Å². The number of methoxy groups -OCH3 is 1. The molecule has 0 bridgehead atoms. The second kappa shape index (κ2) is 5.27. The van der Waals surface area contributed by atoms with Crippen molar-refractivity contribution in [3.05, 3.63) is 34.8 Å². The van der Waals surface area contributed by atoms with Crippen LogP contribution in [0.4, 0.5) is 14.9 Å². The number of nitrogens with zero attached hydrogens (tertiary/aromatic N) is 1. The summed E-state index contributed by atoms with van der Waals surface area (Å²) >= 11 is 5.95. The van der Waals surface area contributed by atoms with Crippen LogP contribution in [0.25, 0.3) is 11.3 Å². The molecule has 1 aromatic heterocycles. The van der Waals surface area contributed by atoms with E-state index in [1.54, 1.807) is 6.92 Å². The summed E-state index contributed by atoms with van der Waals surface area (Å²) in [6.07, 6.45) is -0.708. The second-order valence-corrected chi connectivity index (χ2v) is 4.08. The molecule has 0 saturated carbocycles. The minimum absolute atomic E-state index is 0.0624. The third-order valence-electron chi connectivity index (χ3n) is 2.47. The summed E-state index contributed by atoms with van der Waals surface area (Å²) in [5.74, 6) is -0.242. The Morgan fingerprint density at radius 2 is 2.26 bits per heavy atom. The summed E-state index contributed by atoms with van der Waals surface area (Å²) in [4.78, 5) is 11.3. The van der Waals surface area contributed by atoms with Crippen molar-refractivity contribution in [3.8, 4) is 11.3 Å². The number of halogens is 2. The fraction of sp³-hybridized carbons (Fsp3) is 0.167. The summed E-state index contributed by atoms with van der Waals surface area (Å²) in [5, 5.41) is 6.31. The normalized spacial score (nSPS) is 10.3. The first-order chi connectivity index (χ1) is 9.04. The van der Waals surface area contributed by atoms with Gasteiger partial charge in [0.1, 0.15) is 17.2 Å². The standard InChI is InChI=1S/C12H10ClFN2O3/c1-6-10(15-12(17)18-2)11(16-19-6)9-7(13)4-3-5-8(9)14/h3-5H,1-2H3,(H,15,17). The summed E-state index contributed by atoms with van der Waals surface area (Å²) < 4.78 is 23.3. The van der Waals surface area contributed by atoms with Crippen molar-refractivity contribution in [2.75, 3.05) is 12.4 Å². The average Bonchev–Trinajstić information content (AvgIpc) is 2.71. The molecule has 7 heteroatoms. The zero-order valence-corrected chi connectivity index (χ0v) is 10.9. The van der Waals surface area contributed by atoms with E-state index in [9.17, 15) is 9.18 Å². The molecule has 0 radical (unpaired) electrons. The lowest BCUT2D eigenvalue weighted by atomic mass is 10.1. The SMILES string of the molecule is COC(=O)Nc1c(-c2c(F)cccc2Cl)noc1C. The Bertz CT molecular complexity index is 607. The van der Waals surface area contributed by atoms with Gasteiger partial charge < -0.3 is 9.26 Å². The third-order valence-corrected chi connectivity index (χ3v) is 2.79. The van der Waals surface area contributed by atoms with Gasteiger partial charge >= 0.3 is 6.09 Å². The predicted octanol–water partition coefficient (Wildman–Crippen LogP) is 3.62. The van der Waals surface area contributed by atoms with Gasteiger partial charge in [-0.05, 0) is 19.1 Å². The maximum absolute atomic E-state index is 13.8. The van der Waals surface area contributed by atoms with Crippen LogP contribution in [0.2, 0.25) is 5.02 Å². The van der Waals surface area contributed by atoms with Crippen LogP contribution in [-0.2, 0) is 4.74 Å². The van der Waals surface area contributed by atoms with Crippen LogP contribution in [0.3, 0.4) is 0 Å². The summed E-state index contributed by atoms with van der Waals surface area (Å²) in [7, 11) is 1.22. The Kier molecular flexibility index (Phi) is 3.71. The number of aryl methyl sites for hydroxylation is 1. The number of nitrogens with one attached hydrogen (secondary N) is 1. The number of hydrogen-bond donors (Lipinski definition) is 1. The van der Waals surface area contributed by atoms with Gasteiger partial charge in [-0.2, -0.15) is 0 Å². The highest BCUT2D eigenvalue weighted by Gasteiger charge is 2.22. The molecule has 0 spiro atoms. The number of amides is 1. The van der Waals surface area contributed by atoms with E-state index in [2.05, 4.69) is 15.2 Å². The van der Waals surface area contributed by atoms with E-state index in [-0.39, 0.29) is 22.0 Å². The highest BCUT2D eigenvalue weighted by atomic mass is 35.5. The number of anilines is 1.